The summed E-state index contributed by atoms with van der Waals surface area (Å²) in [6.07, 6.45) is 8.07. The van der Waals surface area contributed by atoms with E-state index in [0.717, 1.165) is 25.3 Å². The first-order valence-corrected chi connectivity index (χ1v) is 10.8. The van der Waals surface area contributed by atoms with Gasteiger partial charge in [0, 0.05) is 13.0 Å². The van der Waals surface area contributed by atoms with Crippen LogP contribution in [0.2, 0.25) is 0 Å². The molecule has 1 radical (unpaired) electrons. The summed E-state index contributed by atoms with van der Waals surface area (Å²) in [6.45, 7) is 6.53. The van der Waals surface area contributed by atoms with Crippen LogP contribution in [0, 0.1) is 6.42 Å². The third-order valence-electron chi connectivity index (χ3n) is 5.62. The summed E-state index contributed by atoms with van der Waals surface area (Å²) in [4.78, 5) is 2.47. The topological polar surface area (TPSA) is 12.5 Å². The molecular formula is C27H30NO. The van der Waals surface area contributed by atoms with Crippen LogP contribution >= 0.6 is 0 Å². The van der Waals surface area contributed by atoms with E-state index >= 15 is 0 Å². The van der Waals surface area contributed by atoms with E-state index in [9.17, 15) is 0 Å². The minimum atomic E-state index is 0.800. The van der Waals surface area contributed by atoms with Crippen LogP contribution in [-0.4, -0.2) is 31.1 Å². The number of hydrogen-bond donors (Lipinski definition) is 0. The summed E-state index contributed by atoms with van der Waals surface area (Å²) >= 11 is 0. The lowest BCUT2D eigenvalue weighted by Gasteiger charge is -2.14. The van der Waals surface area contributed by atoms with E-state index in [4.69, 9.17) is 4.74 Å². The van der Waals surface area contributed by atoms with Crippen molar-refractivity contribution in [2.75, 3.05) is 26.2 Å². The van der Waals surface area contributed by atoms with Crippen molar-refractivity contribution in [3.63, 3.8) is 0 Å². The van der Waals surface area contributed by atoms with Gasteiger partial charge >= 0.3 is 0 Å². The molecular weight excluding hydrogens is 354 g/mol. The van der Waals surface area contributed by atoms with Gasteiger partial charge in [0.2, 0.25) is 0 Å². The Balaban J connectivity index is 0.000000150. The highest BCUT2D eigenvalue weighted by Gasteiger charge is 2.12. The second-order valence-corrected chi connectivity index (χ2v) is 7.75. The van der Waals surface area contributed by atoms with Gasteiger partial charge in [0.15, 0.2) is 0 Å². The van der Waals surface area contributed by atoms with Gasteiger partial charge < -0.3 is 4.74 Å². The molecule has 3 aromatic rings. The zero-order valence-corrected chi connectivity index (χ0v) is 17.3. The average Bonchev–Trinajstić information content (AvgIpc) is 3.50. The number of rotatable bonds is 6. The molecule has 0 atom stereocenters. The molecule has 5 rings (SSSR count). The Labute approximate surface area is 174 Å². The number of hydrogen-bond acceptors (Lipinski definition) is 2. The Kier molecular flexibility index (Phi) is 6.63. The molecule has 2 nitrogen and oxygen atoms in total. The van der Waals surface area contributed by atoms with Crippen LogP contribution in [0.5, 0.6) is 5.75 Å². The lowest BCUT2D eigenvalue weighted by molar-refractivity contribution is 0.238. The van der Waals surface area contributed by atoms with Gasteiger partial charge in [-0.3, -0.25) is 4.90 Å². The van der Waals surface area contributed by atoms with Crippen LogP contribution in [0.3, 0.4) is 0 Å². The summed E-state index contributed by atoms with van der Waals surface area (Å²) in [5.41, 5.74) is 4.04. The highest BCUT2D eigenvalue weighted by Crippen LogP contribution is 2.30. The molecule has 2 heteroatoms. The zero-order chi connectivity index (χ0) is 19.9. The minimum absolute atomic E-state index is 0.800. The Morgan fingerprint density at radius 2 is 1.59 bits per heavy atom. The molecule has 0 spiro atoms. The molecule has 0 amide bonds. The molecule has 29 heavy (non-hydrogen) atoms. The second kappa shape index (κ2) is 9.76. The average molecular weight is 385 g/mol. The van der Waals surface area contributed by atoms with Crippen molar-refractivity contribution >= 4 is 16.3 Å². The van der Waals surface area contributed by atoms with Crippen LogP contribution in [-0.2, 0) is 6.42 Å². The summed E-state index contributed by atoms with van der Waals surface area (Å²) in [6, 6.07) is 23.5. The predicted octanol–water partition coefficient (Wildman–Crippen LogP) is 6.16. The van der Waals surface area contributed by atoms with Crippen molar-refractivity contribution in [1.82, 2.24) is 4.90 Å². The Morgan fingerprint density at radius 1 is 0.862 bits per heavy atom. The maximum Gasteiger partial charge on any atom is 0.119 e. The monoisotopic (exact) mass is 384 g/mol. The summed E-state index contributed by atoms with van der Waals surface area (Å²) in [7, 11) is 0. The van der Waals surface area contributed by atoms with Gasteiger partial charge in [0.1, 0.15) is 12.4 Å². The summed E-state index contributed by atoms with van der Waals surface area (Å²) < 4.78 is 5.75. The van der Waals surface area contributed by atoms with E-state index < -0.39 is 0 Å². The summed E-state index contributed by atoms with van der Waals surface area (Å²) in [5.74, 6) is 0.981. The van der Waals surface area contributed by atoms with Gasteiger partial charge in [-0.25, -0.2) is 0 Å². The fourth-order valence-electron chi connectivity index (χ4n) is 3.74. The van der Waals surface area contributed by atoms with Gasteiger partial charge in [0.05, 0.1) is 0 Å². The van der Waals surface area contributed by atoms with E-state index in [1.165, 1.54) is 53.4 Å². The van der Waals surface area contributed by atoms with Crippen molar-refractivity contribution in [3.05, 3.63) is 90.4 Å². The highest BCUT2D eigenvalue weighted by atomic mass is 16.5. The number of fused-ring (bicyclic) bond motifs is 1. The SMILES string of the molecule is CCc1ccc2ccccc2c1.[CH]1C=C1c1ccc(OCCN2CCCC2)cc1. The number of aryl methyl sites for hydroxylation is 1. The third-order valence-corrected chi connectivity index (χ3v) is 5.62. The van der Waals surface area contributed by atoms with Gasteiger partial charge in [0.25, 0.3) is 0 Å². The van der Waals surface area contributed by atoms with Crippen molar-refractivity contribution in [3.8, 4) is 5.75 Å². The van der Waals surface area contributed by atoms with E-state index in [1.807, 2.05) is 0 Å². The van der Waals surface area contributed by atoms with E-state index in [1.54, 1.807) is 0 Å². The molecule has 1 fully saturated rings. The minimum Gasteiger partial charge on any atom is -0.492 e. The van der Waals surface area contributed by atoms with Crippen molar-refractivity contribution in [1.29, 1.82) is 0 Å². The first-order chi connectivity index (χ1) is 14.3. The molecule has 0 N–H and O–H groups in total. The van der Waals surface area contributed by atoms with Crippen molar-refractivity contribution in [2.45, 2.75) is 26.2 Å². The number of benzene rings is 3. The highest BCUT2D eigenvalue weighted by molar-refractivity contribution is 5.87. The largest absolute Gasteiger partial charge is 0.492 e. The van der Waals surface area contributed by atoms with Crippen LogP contribution in [0.25, 0.3) is 16.3 Å². The summed E-state index contributed by atoms with van der Waals surface area (Å²) in [5, 5.41) is 2.67. The Morgan fingerprint density at radius 3 is 2.28 bits per heavy atom. The molecule has 0 aromatic heterocycles. The molecule has 3 aromatic carbocycles. The second-order valence-electron chi connectivity index (χ2n) is 7.75. The van der Waals surface area contributed by atoms with Crippen molar-refractivity contribution < 1.29 is 4.74 Å². The molecule has 0 saturated carbocycles. The van der Waals surface area contributed by atoms with Crippen LogP contribution < -0.4 is 4.74 Å². The number of ether oxygens (including phenoxy) is 1. The van der Waals surface area contributed by atoms with E-state index in [2.05, 4.69) is 91.1 Å². The first-order valence-electron chi connectivity index (χ1n) is 10.8. The lowest BCUT2D eigenvalue weighted by Crippen LogP contribution is -2.25. The van der Waals surface area contributed by atoms with E-state index in [0.29, 0.717) is 0 Å². The molecule has 0 unspecified atom stereocenters. The Hall–Kier alpha value is -2.58. The molecule has 1 saturated heterocycles. The quantitative estimate of drug-likeness (QED) is 0.504. The Bertz CT molecular complexity index is 952. The van der Waals surface area contributed by atoms with Crippen molar-refractivity contribution in [2.24, 2.45) is 0 Å². The zero-order valence-electron chi connectivity index (χ0n) is 17.3. The van der Waals surface area contributed by atoms with Gasteiger partial charge in [-0.15, -0.1) is 0 Å². The normalized spacial score (nSPS) is 15.6. The number of nitrogens with zero attached hydrogens (tertiary/aromatic N) is 1. The molecule has 0 bridgehead atoms. The maximum atomic E-state index is 5.75. The lowest BCUT2D eigenvalue weighted by atomic mass is 10.1. The third kappa shape index (κ3) is 5.71. The van der Waals surface area contributed by atoms with Gasteiger partial charge in [-0.2, -0.15) is 0 Å². The predicted molar refractivity (Wildman–Crippen MR) is 123 cm³/mol. The standard InChI is InChI=1S/C15H18NO.C12H12/c1-2-10-16(9-1)11-12-17-15-7-5-14(6-8-15)13-3-4-13;1-2-10-7-8-11-5-3-4-6-12(11)9-10/h3-8H,1-2,9-12H2;3-9H,2H2,1H3. The smallest absolute Gasteiger partial charge is 0.119 e. The van der Waals surface area contributed by atoms with Crippen LogP contribution in [0.4, 0.5) is 0 Å². The molecule has 1 aliphatic heterocycles. The van der Waals surface area contributed by atoms with Gasteiger partial charge in [-0.05, 0) is 72.0 Å². The fraction of sp³-hybridized carbons (Fsp3) is 0.296. The fourth-order valence-corrected chi connectivity index (χ4v) is 3.74. The molecule has 1 aliphatic carbocycles. The van der Waals surface area contributed by atoms with Crippen LogP contribution in [0.1, 0.15) is 30.9 Å². The number of likely N-dealkylation sites (tertiary alicyclic amines) is 1. The number of allylic oxidation sites excluding steroid dienone is 2. The van der Waals surface area contributed by atoms with Gasteiger partial charge in [-0.1, -0.05) is 67.6 Å². The molecule has 2 aliphatic rings. The molecule has 1 heterocycles. The molecule has 149 valence electrons. The first kappa shape index (κ1) is 19.7. The van der Waals surface area contributed by atoms with E-state index in [-0.39, 0.29) is 0 Å². The maximum absolute atomic E-state index is 5.75. The van der Waals surface area contributed by atoms with Crippen LogP contribution in [0.15, 0.2) is 72.8 Å².